The lowest BCUT2D eigenvalue weighted by Gasteiger charge is -2.06. The van der Waals surface area contributed by atoms with Crippen LogP contribution in [0.15, 0.2) is 58.2 Å². The largest absolute Gasteiger partial charge is 0.330 e. The van der Waals surface area contributed by atoms with Gasteiger partial charge in [0.1, 0.15) is 0 Å². The van der Waals surface area contributed by atoms with Gasteiger partial charge < -0.3 is 9.84 Å². The molecule has 2 aromatic carbocycles. The first-order chi connectivity index (χ1) is 15.0. The van der Waals surface area contributed by atoms with E-state index >= 15 is 0 Å². The standard InChI is InChI=1S/C21H19ClN6O2S/c1-3-28-19(20-24-18(27-30-20)14-7-4-6-13(2)10-14)25-26-21(28)31-12-17(29)23-16-9-5-8-15(22)11-16/h4-11H,3,12H2,1-2H3,(H,23,29). The third-order valence-electron chi connectivity index (χ3n) is 4.37. The van der Waals surface area contributed by atoms with E-state index in [-0.39, 0.29) is 17.6 Å². The molecule has 4 aromatic rings. The van der Waals surface area contributed by atoms with E-state index in [2.05, 4.69) is 25.7 Å². The Morgan fingerprint density at radius 2 is 2.03 bits per heavy atom. The summed E-state index contributed by atoms with van der Waals surface area (Å²) in [7, 11) is 0. The number of hydrogen-bond donors (Lipinski definition) is 1. The van der Waals surface area contributed by atoms with Gasteiger partial charge in [-0.25, -0.2) is 0 Å². The van der Waals surface area contributed by atoms with Crippen molar-refractivity contribution in [3.8, 4) is 23.1 Å². The third kappa shape index (κ3) is 4.95. The molecular weight excluding hydrogens is 436 g/mol. The molecule has 0 radical (unpaired) electrons. The molecule has 0 aliphatic heterocycles. The molecule has 10 heteroatoms. The lowest BCUT2D eigenvalue weighted by atomic mass is 10.1. The van der Waals surface area contributed by atoms with Crippen LogP contribution in [-0.2, 0) is 11.3 Å². The van der Waals surface area contributed by atoms with Crippen LogP contribution >= 0.6 is 23.4 Å². The van der Waals surface area contributed by atoms with Crippen LogP contribution in [0.2, 0.25) is 5.02 Å². The minimum atomic E-state index is -0.168. The number of halogens is 1. The number of nitrogens with one attached hydrogen (secondary N) is 1. The van der Waals surface area contributed by atoms with E-state index in [9.17, 15) is 4.79 Å². The maximum Gasteiger partial charge on any atom is 0.296 e. The maximum atomic E-state index is 12.3. The number of hydrogen-bond acceptors (Lipinski definition) is 7. The Morgan fingerprint density at radius 3 is 2.81 bits per heavy atom. The van der Waals surface area contributed by atoms with Crippen LogP contribution in [0.25, 0.3) is 23.1 Å². The van der Waals surface area contributed by atoms with E-state index in [1.807, 2.05) is 42.7 Å². The molecule has 8 nitrogen and oxygen atoms in total. The van der Waals surface area contributed by atoms with Crippen LogP contribution in [0.5, 0.6) is 0 Å². The summed E-state index contributed by atoms with van der Waals surface area (Å²) in [5, 5.41) is 16.4. The zero-order valence-corrected chi connectivity index (χ0v) is 18.4. The second kappa shape index (κ2) is 9.32. The predicted molar refractivity (Wildman–Crippen MR) is 120 cm³/mol. The second-order valence-electron chi connectivity index (χ2n) is 6.69. The summed E-state index contributed by atoms with van der Waals surface area (Å²) >= 11 is 7.23. The minimum Gasteiger partial charge on any atom is -0.330 e. The zero-order valence-electron chi connectivity index (χ0n) is 16.9. The molecule has 1 N–H and O–H groups in total. The molecule has 0 aliphatic rings. The highest BCUT2D eigenvalue weighted by Gasteiger charge is 2.20. The van der Waals surface area contributed by atoms with Crippen LogP contribution in [0, 0.1) is 6.92 Å². The molecule has 158 valence electrons. The number of benzene rings is 2. The van der Waals surface area contributed by atoms with Crippen molar-refractivity contribution in [1.82, 2.24) is 24.9 Å². The van der Waals surface area contributed by atoms with E-state index in [4.69, 9.17) is 16.1 Å². The molecule has 2 heterocycles. The van der Waals surface area contributed by atoms with E-state index in [0.29, 0.717) is 34.1 Å². The van der Waals surface area contributed by atoms with Crippen LogP contribution in [0.4, 0.5) is 5.69 Å². The number of carbonyl (C=O) groups excluding carboxylic acids is 1. The molecule has 0 unspecified atom stereocenters. The number of rotatable bonds is 7. The maximum absolute atomic E-state index is 12.3. The van der Waals surface area contributed by atoms with Gasteiger partial charge in [-0.3, -0.25) is 9.36 Å². The highest BCUT2D eigenvalue weighted by atomic mass is 35.5. The molecule has 1 amide bonds. The van der Waals surface area contributed by atoms with Crippen molar-refractivity contribution in [2.75, 3.05) is 11.1 Å². The molecule has 0 bridgehead atoms. The first-order valence-corrected chi connectivity index (χ1v) is 10.9. The summed E-state index contributed by atoms with van der Waals surface area (Å²) in [6.07, 6.45) is 0. The first kappa shape index (κ1) is 21.1. The smallest absolute Gasteiger partial charge is 0.296 e. The number of amides is 1. The van der Waals surface area contributed by atoms with Gasteiger partial charge in [-0.2, -0.15) is 4.98 Å². The summed E-state index contributed by atoms with van der Waals surface area (Å²) in [6, 6.07) is 14.9. The quantitative estimate of drug-likeness (QED) is 0.404. The van der Waals surface area contributed by atoms with E-state index < -0.39 is 0 Å². The fraction of sp³-hybridized carbons (Fsp3) is 0.190. The summed E-state index contributed by atoms with van der Waals surface area (Å²) in [6.45, 7) is 4.55. The fourth-order valence-electron chi connectivity index (χ4n) is 2.95. The minimum absolute atomic E-state index is 0.168. The fourth-order valence-corrected chi connectivity index (χ4v) is 3.94. The molecule has 0 atom stereocenters. The molecule has 4 rings (SSSR count). The van der Waals surface area contributed by atoms with Gasteiger partial charge in [0, 0.05) is 22.8 Å². The molecule has 0 fully saturated rings. The lowest BCUT2D eigenvalue weighted by Crippen LogP contribution is -2.14. The van der Waals surface area contributed by atoms with Crippen molar-refractivity contribution >= 4 is 35.0 Å². The van der Waals surface area contributed by atoms with E-state index in [1.54, 1.807) is 24.3 Å². The number of nitrogens with zero attached hydrogens (tertiary/aromatic N) is 5. The van der Waals surface area contributed by atoms with Gasteiger partial charge in [-0.05, 0) is 38.1 Å². The Bertz CT molecular complexity index is 1220. The van der Waals surface area contributed by atoms with Gasteiger partial charge in [0.25, 0.3) is 5.89 Å². The number of carbonyl (C=O) groups is 1. The van der Waals surface area contributed by atoms with Gasteiger partial charge in [-0.1, -0.05) is 58.3 Å². The molecule has 0 aliphatic carbocycles. The van der Waals surface area contributed by atoms with Gasteiger partial charge in [0.05, 0.1) is 5.75 Å². The van der Waals surface area contributed by atoms with E-state index in [0.717, 1.165) is 11.1 Å². The zero-order chi connectivity index (χ0) is 21.8. The Balaban J connectivity index is 1.47. The van der Waals surface area contributed by atoms with Crippen LogP contribution < -0.4 is 5.32 Å². The monoisotopic (exact) mass is 454 g/mol. The average Bonchev–Trinajstić information content (AvgIpc) is 3.39. The molecule has 0 spiro atoms. The van der Waals surface area contributed by atoms with Crippen molar-refractivity contribution in [2.24, 2.45) is 0 Å². The van der Waals surface area contributed by atoms with Crippen LogP contribution in [0.1, 0.15) is 12.5 Å². The molecule has 0 saturated carbocycles. The van der Waals surface area contributed by atoms with Crippen LogP contribution in [0.3, 0.4) is 0 Å². The normalized spacial score (nSPS) is 10.9. The van der Waals surface area contributed by atoms with Gasteiger partial charge >= 0.3 is 0 Å². The number of aromatic nitrogens is 5. The topological polar surface area (TPSA) is 98.7 Å². The highest BCUT2D eigenvalue weighted by Crippen LogP contribution is 2.25. The van der Waals surface area contributed by atoms with Crippen molar-refractivity contribution in [3.05, 3.63) is 59.1 Å². The van der Waals surface area contributed by atoms with E-state index in [1.165, 1.54) is 11.8 Å². The Labute approximate surface area is 188 Å². The number of thioether (sulfide) groups is 1. The van der Waals surface area contributed by atoms with Gasteiger partial charge in [0.2, 0.25) is 17.6 Å². The van der Waals surface area contributed by atoms with Gasteiger partial charge in [-0.15, -0.1) is 10.2 Å². The molecule has 31 heavy (non-hydrogen) atoms. The summed E-state index contributed by atoms with van der Waals surface area (Å²) in [5.41, 5.74) is 2.62. The Kier molecular flexibility index (Phi) is 6.34. The summed E-state index contributed by atoms with van der Waals surface area (Å²) in [5.74, 6) is 1.23. The second-order valence-corrected chi connectivity index (χ2v) is 8.07. The van der Waals surface area contributed by atoms with Crippen molar-refractivity contribution in [3.63, 3.8) is 0 Å². The van der Waals surface area contributed by atoms with Crippen molar-refractivity contribution < 1.29 is 9.32 Å². The molecule has 2 aromatic heterocycles. The Hall–Kier alpha value is -3.17. The molecule has 0 saturated heterocycles. The highest BCUT2D eigenvalue weighted by molar-refractivity contribution is 7.99. The number of aryl methyl sites for hydroxylation is 1. The molecular formula is C21H19ClN6O2S. The number of anilines is 1. The summed E-state index contributed by atoms with van der Waals surface area (Å²) < 4.78 is 7.27. The average molecular weight is 455 g/mol. The third-order valence-corrected chi connectivity index (χ3v) is 5.57. The lowest BCUT2D eigenvalue weighted by molar-refractivity contribution is -0.113. The van der Waals surface area contributed by atoms with Crippen LogP contribution in [-0.4, -0.2) is 36.6 Å². The van der Waals surface area contributed by atoms with Crippen molar-refractivity contribution in [1.29, 1.82) is 0 Å². The summed E-state index contributed by atoms with van der Waals surface area (Å²) in [4.78, 5) is 16.8. The van der Waals surface area contributed by atoms with Gasteiger partial charge in [0.15, 0.2) is 5.16 Å². The first-order valence-electron chi connectivity index (χ1n) is 9.56. The van der Waals surface area contributed by atoms with Crippen molar-refractivity contribution in [2.45, 2.75) is 25.5 Å². The Morgan fingerprint density at radius 1 is 1.19 bits per heavy atom. The predicted octanol–water partition coefficient (Wildman–Crippen LogP) is 4.71. The SMILES string of the molecule is CCn1c(SCC(=O)Nc2cccc(Cl)c2)nnc1-c1nc(-c2cccc(C)c2)no1.